The zero-order valence-electron chi connectivity index (χ0n) is 16.1. The van der Waals surface area contributed by atoms with Crippen molar-refractivity contribution in [1.82, 2.24) is 15.4 Å². The van der Waals surface area contributed by atoms with Gasteiger partial charge in [0.25, 0.3) is 0 Å². The van der Waals surface area contributed by atoms with Gasteiger partial charge in [0.15, 0.2) is 11.7 Å². The molecule has 0 radical (unpaired) electrons. The molecule has 2 aromatic rings. The van der Waals surface area contributed by atoms with Crippen LogP contribution in [0.5, 0.6) is 0 Å². The summed E-state index contributed by atoms with van der Waals surface area (Å²) in [5, 5.41) is 7.54. The van der Waals surface area contributed by atoms with Gasteiger partial charge in [-0.3, -0.25) is 0 Å². The molecule has 1 fully saturated rings. The molecule has 0 saturated carbocycles. The van der Waals surface area contributed by atoms with E-state index in [4.69, 9.17) is 14.3 Å². The summed E-state index contributed by atoms with van der Waals surface area (Å²) >= 11 is 0. The van der Waals surface area contributed by atoms with Crippen molar-refractivity contribution in [2.45, 2.75) is 39.3 Å². The van der Waals surface area contributed by atoms with Crippen LogP contribution in [0.4, 0.5) is 0 Å². The molecule has 1 saturated heterocycles. The second kappa shape index (κ2) is 11.3. The molecule has 0 amide bonds. The highest BCUT2D eigenvalue weighted by Gasteiger charge is 2.21. The summed E-state index contributed by atoms with van der Waals surface area (Å²) in [6.45, 7) is 8.21. The maximum Gasteiger partial charge on any atom is 0.194 e. The predicted octanol–water partition coefficient (Wildman–Crippen LogP) is 3.93. The Morgan fingerprint density at radius 1 is 1.26 bits per heavy atom. The lowest BCUT2D eigenvalue weighted by atomic mass is 10.1. The number of hydrogen-bond acceptors (Lipinski definition) is 4. The number of aromatic nitrogens is 1. The second-order valence-electron chi connectivity index (χ2n) is 6.36. The number of piperidine rings is 1. The minimum atomic E-state index is 0. The highest BCUT2D eigenvalue weighted by atomic mass is 127. The van der Waals surface area contributed by atoms with Crippen LogP contribution in [-0.4, -0.2) is 48.4 Å². The Labute approximate surface area is 178 Å². The van der Waals surface area contributed by atoms with Crippen molar-refractivity contribution in [3.63, 3.8) is 0 Å². The van der Waals surface area contributed by atoms with Crippen LogP contribution in [0.15, 0.2) is 45.9 Å². The zero-order chi connectivity index (χ0) is 18.2. The van der Waals surface area contributed by atoms with Crippen LogP contribution in [0, 0.1) is 0 Å². The zero-order valence-corrected chi connectivity index (χ0v) is 18.4. The number of ether oxygens (including phenoxy) is 1. The fraction of sp³-hybridized carbons (Fsp3) is 0.500. The standard InChI is InChI=1S/C20H28N4O2.HI/c1-3-21-20(24-12-10-18(11-13-24)25-4-2)22-15-17-14-19(26-23-17)16-8-6-5-7-9-16;/h5-9,14,18H,3-4,10-13,15H2,1-2H3,(H,21,22);1H. The molecule has 1 aromatic heterocycles. The van der Waals surface area contributed by atoms with Crippen LogP contribution in [0.3, 0.4) is 0 Å². The Kier molecular flexibility index (Phi) is 9.06. The summed E-state index contributed by atoms with van der Waals surface area (Å²) in [5.41, 5.74) is 1.86. The van der Waals surface area contributed by atoms with Crippen molar-refractivity contribution in [2.24, 2.45) is 4.99 Å². The first-order chi connectivity index (χ1) is 12.8. The fourth-order valence-electron chi connectivity index (χ4n) is 3.18. The van der Waals surface area contributed by atoms with Gasteiger partial charge in [-0.05, 0) is 26.7 Å². The van der Waals surface area contributed by atoms with Gasteiger partial charge >= 0.3 is 0 Å². The average Bonchev–Trinajstić information content (AvgIpc) is 3.16. The van der Waals surface area contributed by atoms with E-state index in [0.29, 0.717) is 12.6 Å². The number of halogens is 1. The third-order valence-corrected chi connectivity index (χ3v) is 4.49. The molecule has 1 N–H and O–H groups in total. The van der Waals surface area contributed by atoms with E-state index in [0.717, 1.165) is 62.1 Å². The summed E-state index contributed by atoms with van der Waals surface area (Å²) in [4.78, 5) is 7.06. The molecule has 7 heteroatoms. The largest absolute Gasteiger partial charge is 0.378 e. The van der Waals surface area contributed by atoms with Gasteiger partial charge in [0.2, 0.25) is 0 Å². The number of aliphatic imine (C=N–C) groups is 1. The molecule has 3 rings (SSSR count). The SMILES string of the molecule is CCNC(=NCc1cc(-c2ccccc2)on1)N1CCC(OCC)CC1.I. The van der Waals surface area contributed by atoms with E-state index in [1.54, 1.807) is 0 Å². The number of nitrogens with one attached hydrogen (secondary N) is 1. The molecular formula is C20H29IN4O2. The molecule has 0 aliphatic carbocycles. The number of guanidine groups is 1. The predicted molar refractivity (Wildman–Crippen MR) is 118 cm³/mol. The number of likely N-dealkylation sites (tertiary alicyclic amines) is 1. The summed E-state index contributed by atoms with van der Waals surface area (Å²) in [6, 6.07) is 12.0. The summed E-state index contributed by atoms with van der Waals surface area (Å²) in [5.74, 6) is 1.71. The molecule has 1 aliphatic rings. The quantitative estimate of drug-likeness (QED) is 0.383. The van der Waals surface area contributed by atoms with Gasteiger partial charge in [0.1, 0.15) is 5.69 Å². The van der Waals surface area contributed by atoms with Crippen molar-refractivity contribution >= 4 is 29.9 Å². The fourth-order valence-corrected chi connectivity index (χ4v) is 3.18. The number of nitrogens with zero attached hydrogens (tertiary/aromatic N) is 3. The van der Waals surface area contributed by atoms with E-state index in [1.165, 1.54) is 0 Å². The lowest BCUT2D eigenvalue weighted by Gasteiger charge is -2.34. The van der Waals surface area contributed by atoms with Crippen molar-refractivity contribution < 1.29 is 9.26 Å². The third kappa shape index (κ3) is 6.21. The van der Waals surface area contributed by atoms with E-state index in [-0.39, 0.29) is 24.0 Å². The average molecular weight is 484 g/mol. The van der Waals surface area contributed by atoms with Crippen LogP contribution in [0.2, 0.25) is 0 Å². The van der Waals surface area contributed by atoms with Gasteiger partial charge in [0.05, 0.1) is 12.6 Å². The minimum absolute atomic E-state index is 0. The molecular weight excluding hydrogens is 455 g/mol. The molecule has 6 nitrogen and oxygen atoms in total. The van der Waals surface area contributed by atoms with Gasteiger partial charge in [-0.1, -0.05) is 35.5 Å². The molecule has 148 valence electrons. The number of rotatable bonds is 6. The monoisotopic (exact) mass is 484 g/mol. The topological polar surface area (TPSA) is 62.9 Å². The Morgan fingerprint density at radius 2 is 2.00 bits per heavy atom. The highest BCUT2D eigenvalue weighted by molar-refractivity contribution is 14.0. The summed E-state index contributed by atoms with van der Waals surface area (Å²) < 4.78 is 11.2. The smallest absolute Gasteiger partial charge is 0.194 e. The molecule has 27 heavy (non-hydrogen) atoms. The van der Waals surface area contributed by atoms with E-state index in [9.17, 15) is 0 Å². The minimum Gasteiger partial charge on any atom is -0.378 e. The molecule has 0 spiro atoms. The molecule has 1 aromatic carbocycles. The number of benzene rings is 1. The number of hydrogen-bond donors (Lipinski definition) is 1. The van der Waals surface area contributed by atoms with E-state index >= 15 is 0 Å². The Hall–Kier alpha value is -1.61. The van der Waals surface area contributed by atoms with Crippen LogP contribution in [0.25, 0.3) is 11.3 Å². The van der Waals surface area contributed by atoms with E-state index in [2.05, 4.69) is 29.2 Å². The maximum atomic E-state index is 5.74. The molecule has 0 atom stereocenters. The van der Waals surface area contributed by atoms with Crippen molar-refractivity contribution in [2.75, 3.05) is 26.2 Å². The first kappa shape index (κ1) is 21.7. The summed E-state index contributed by atoms with van der Waals surface area (Å²) in [7, 11) is 0. The third-order valence-electron chi connectivity index (χ3n) is 4.49. The van der Waals surface area contributed by atoms with Crippen LogP contribution < -0.4 is 5.32 Å². The van der Waals surface area contributed by atoms with Crippen LogP contribution in [-0.2, 0) is 11.3 Å². The lowest BCUT2D eigenvalue weighted by molar-refractivity contribution is 0.0263. The van der Waals surface area contributed by atoms with Gasteiger partial charge in [0, 0.05) is 37.9 Å². The Morgan fingerprint density at radius 3 is 2.67 bits per heavy atom. The van der Waals surface area contributed by atoms with Crippen LogP contribution >= 0.6 is 24.0 Å². The highest BCUT2D eigenvalue weighted by Crippen LogP contribution is 2.20. The van der Waals surface area contributed by atoms with Gasteiger partial charge in [-0.15, -0.1) is 24.0 Å². The van der Waals surface area contributed by atoms with Crippen LogP contribution in [0.1, 0.15) is 32.4 Å². The summed E-state index contributed by atoms with van der Waals surface area (Å²) in [6.07, 6.45) is 2.46. The normalized spacial score (nSPS) is 15.5. The van der Waals surface area contributed by atoms with Gasteiger partial charge < -0.3 is 19.5 Å². The second-order valence-corrected chi connectivity index (χ2v) is 6.36. The molecule has 2 heterocycles. The van der Waals surface area contributed by atoms with Crippen molar-refractivity contribution in [3.05, 3.63) is 42.1 Å². The van der Waals surface area contributed by atoms with Crippen molar-refractivity contribution in [1.29, 1.82) is 0 Å². The Balaban J connectivity index is 0.00000261. The van der Waals surface area contributed by atoms with E-state index < -0.39 is 0 Å². The molecule has 1 aliphatic heterocycles. The van der Waals surface area contributed by atoms with Gasteiger partial charge in [-0.25, -0.2) is 4.99 Å². The lowest BCUT2D eigenvalue weighted by Crippen LogP contribution is -2.47. The molecule has 0 bridgehead atoms. The van der Waals surface area contributed by atoms with Crippen molar-refractivity contribution in [3.8, 4) is 11.3 Å². The first-order valence-electron chi connectivity index (χ1n) is 9.46. The molecule has 0 unspecified atom stereocenters. The van der Waals surface area contributed by atoms with E-state index in [1.807, 2.05) is 36.4 Å². The maximum absolute atomic E-state index is 5.74. The van der Waals surface area contributed by atoms with Gasteiger partial charge in [-0.2, -0.15) is 0 Å². The Bertz CT molecular complexity index is 697. The first-order valence-corrected chi connectivity index (χ1v) is 9.46.